The smallest absolute Gasteiger partial charge is 0.423 e. The number of rotatable bonds is 2. The van der Waals surface area contributed by atoms with Crippen molar-refractivity contribution in [2.45, 2.75) is 19.8 Å². The van der Waals surface area contributed by atoms with Crippen molar-refractivity contribution in [3.05, 3.63) is 18.1 Å². The average Bonchev–Trinajstić information content (AvgIpc) is 2.30. The fourth-order valence-corrected chi connectivity index (χ4v) is 2.05. The van der Waals surface area contributed by atoms with Crippen molar-refractivity contribution < 1.29 is 14.4 Å². The lowest BCUT2D eigenvalue weighted by Gasteiger charge is -2.31. The standard InChI is InChI=1S/C11H16BFN2O2/c1-8-2-4-15(5-3-8)11-6-9(12(16)17)10(13)7-14-11/h6-8,16-17H,2-5H2,1H3. The third kappa shape index (κ3) is 2.76. The molecule has 1 aliphatic rings. The van der Waals surface area contributed by atoms with E-state index >= 15 is 0 Å². The number of aromatic nitrogens is 1. The van der Waals surface area contributed by atoms with Crippen LogP contribution in [0.5, 0.6) is 0 Å². The van der Waals surface area contributed by atoms with Crippen LogP contribution in [-0.2, 0) is 0 Å². The van der Waals surface area contributed by atoms with E-state index in [2.05, 4.69) is 11.9 Å². The largest absolute Gasteiger partial charge is 0.491 e. The van der Waals surface area contributed by atoms with E-state index in [9.17, 15) is 4.39 Å². The van der Waals surface area contributed by atoms with E-state index in [1.54, 1.807) is 0 Å². The number of hydrogen-bond donors (Lipinski definition) is 2. The van der Waals surface area contributed by atoms with Gasteiger partial charge in [-0.25, -0.2) is 9.37 Å². The molecule has 0 bridgehead atoms. The summed E-state index contributed by atoms with van der Waals surface area (Å²) in [5.41, 5.74) is -0.117. The van der Waals surface area contributed by atoms with Gasteiger partial charge in [-0.15, -0.1) is 0 Å². The second kappa shape index (κ2) is 5.02. The van der Waals surface area contributed by atoms with Crippen LogP contribution in [0.2, 0.25) is 0 Å². The molecule has 1 aromatic heterocycles. The van der Waals surface area contributed by atoms with Crippen molar-refractivity contribution in [2.75, 3.05) is 18.0 Å². The summed E-state index contributed by atoms with van der Waals surface area (Å²) in [6, 6.07) is 1.41. The summed E-state index contributed by atoms with van der Waals surface area (Å²) in [5, 5.41) is 18.1. The Kier molecular flexibility index (Phi) is 3.64. The molecule has 17 heavy (non-hydrogen) atoms. The zero-order chi connectivity index (χ0) is 12.4. The molecule has 2 N–H and O–H groups in total. The van der Waals surface area contributed by atoms with Gasteiger partial charge in [-0.2, -0.15) is 0 Å². The van der Waals surface area contributed by atoms with Crippen LogP contribution in [0.15, 0.2) is 12.3 Å². The second-order valence-corrected chi connectivity index (χ2v) is 4.61. The predicted octanol–water partition coefficient (Wildman–Crippen LogP) is 0.137. The molecule has 0 aliphatic carbocycles. The van der Waals surface area contributed by atoms with E-state index in [-0.39, 0.29) is 5.46 Å². The third-order valence-corrected chi connectivity index (χ3v) is 3.26. The van der Waals surface area contributed by atoms with Gasteiger partial charge in [0, 0.05) is 18.6 Å². The van der Waals surface area contributed by atoms with Crippen LogP contribution in [0.3, 0.4) is 0 Å². The van der Waals surface area contributed by atoms with Crippen LogP contribution in [0.1, 0.15) is 19.8 Å². The molecule has 92 valence electrons. The van der Waals surface area contributed by atoms with Crippen LogP contribution in [-0.4, -0.2) is 35.2 Å². The lowest BCUT2D eigenvalue weighted by molar-refractivity contribution is 0.422. The highest BCUT2D eigenvalue weighted by Crippen LogP contribution is 2.20. The minimum Gasteiger partial charge on any atom is -0.423 e. The van der Waals surface area contributed by atoms with Crippen molar-refractivity contribution in [3.8, 4) is 0 Å². The van der Waals surface area contributed by atoms with E-state index in [0.29, 0.717) is 11.7 Å². The fraction of sp³-hybridized carbons (Fsp3) is 0.545. The first kappa shape index (κ1) is 12.3. The summed E-state index contributed by atoms with van der Waals surface area (Å²) in [5.74, 6) is 0.630. The maximum atomic E-state index is 13.2. The Hall–Kier alpha value is -1.14. The molecule has 0 unspecified atom stereocenters. The Bertz CT molecular complexity index is 395. The quantitative estimate of drug-likeness (QED) is 0.719. The highest BCUT2D eigenvalue weighted by molar-refractivity contribution is 6.58. The molecule has 1 aliphatic heterocycles. The van der Waals surface area contributed by atoms with Gasteiger partial charge in [0.1, 0.15) is 11.6 Å². The van der Waals surface area contributed by atoms with E-state index in [1.165, 1.54) is 6.07 Å². The van der Waals surface area contributed by atoms with E-state index in [0.717, 1.165) is 32.1 Å². The summed E-state index contributed by atoms with van der Waals surface area (Å²) in [7, 11) is -1.79. The molecule has 0 radical (unpaired) electrons. The van der Waals surface area contributed by atoms with Crippen LogP contribution in [0, 0.1) is 11.7 Å². The Morgan fingerprint density at radius 1 is 1.41 bits per heavy atom. The summed E-state index contributed by atoms with van der Waals surface area (Å²) < 4.78 is 13.2. The number of pyridine rings is 1. The highest BCUT2D eigenvalue weighted by Gasteiger charge is 2.21. The Labute approximate surface area is 100 Å². The van der Waals surface area contributed by atoms with Gasteiger partial charge in [-0.05, 0) is 24.8 Å². The third-order valence-electron chi connectivity index (χ3n) is 3.26. The first-order valence-electron chi connectivity index (χ1n) is 5.84. The molecular weight excluding hydrogens is 222 g/mol. The van der Waals surface area contributed by atoms with Gasteiger partial charge < -0.3 is 14.9 Å². The Balaban J connectivity index is 2.19. The number of nitrogens with zero attached hydrogens (tertiary/aromatic N) is 2. The molecule has 4 nitrogen and oxygen atoms in total. The van der Waals surface area contributed by atoms with E-state index in [1.807, 2.05) is 4.90 Å². The summed E-state index contributed by atoms with van der Waals surface area (Å²) in [4.78, 5) is 6.05. The van der Waals surface area contributed by atoms with Crippen molar-refractivity contribution in [3.63, 3.8) is 0 Å². The van der Waals surface area contributed by atoms with Crippen LogP contribution >= 0.6 is 0 Å². The predicted molar refractivity (Wildman–Crippen MR) is 64.6 cm³/mol. The molecule has 0 aromatic carbocycles. The van der Waals surface area contributed by atoms with Crippen LogP contribution in [0.25, 0.3) is 0 Å². The van der Waals surface area contributed by atoms with Crippen LogP contribution < -0.4 is 10.4 Å². The van der Waals surface area contributed by atoms with Crippen molar-refractivity contribution in [1.82, 2.24) is 4.98 Å². The second-order valence-electron chi connectivity index (χ2n) is 4.61. The minimum atomic E-state index is -1.79. The van der Waals surface area contributed by atoms with Crippen molar-refractivity contribution >= 4 is 18.4 Å². The minimum absolute atomic E-state index is 0.117. The monoisotopic (exact) mass is 238 g/mol. The van der Waals surface area contributed by atoms with Crippen molar-refractivity contribution in [2.24, 2.45) is 5.92 Å². The number of anilines is 1. The fourth-order valence-electron chi connectivity index (χ4n) is 2.05. The molecule has 0 spiro atoms. The molecule has 0 atom stereocenters. The number of halogens is 1. The topological polar surface area (TPSA) is 56.6 Å². The summed E-state index contributed by atoms with van der Waals surface area (Å²) >= 11 is 0. The number of piperidine rings is 1. The van der Waals surface area contributed by atoms with Crippen molar-refractivity contribution in [1.29, 1.82) is 0 Å². The van der Waals surface area contributed by atoms with Gasteiger partial charge in [-0.3, -0.25) is 0 Å². The molecule has 1 aromatic rings. The lowest BCUT2D eigenvalue weighted by Crippen LogP contribution is -2.37. The molecule has 0 saturated carbocycles. The van der Waals surface area contributed by atoms with Gasteiger partial charge in [0.25, 0.3) is 0 Å². The molecule has 2 heterocycles. The molecular formula is C11H16BFN2O2. The molecule has 6 heteroatoms. The lowest BCUT2D eigenvalue weighted by atomic mass is 9.80. The van der Waals surface area contributed by atoms with E-state index in [4.69, 9.17) is 10.0 Å². The maximum Gasteiger partial charge on any atom is 0.491 e. The normalized spacial score (nSPS) is 17.3. The SMILES string of the molecule is CC1CCN(c2cc(B(O)O)c(F)cn2)CC1. The Morgan fingerprint density at radius 3 is 2.65 bits per heavy atom. The van der Waals surface area contributed by atoms with Gasteiger partial charge in [0.15, 0.2) is 0 Å². The summed E-state index contributed by atoms with van der Waals surface area (Å²) in [6.45, 7) is 3.96. The Morgan fingerprint density at radius 2 is 2.06 bits per heavy atom. The first-order chi connectivity index (χ1) is 8.08. The van der Waals surface area contributed by atoms with Gasteiger partial charge in [0.2, 0.25) is 0 Å². The van der Waals surface area contributed by atoms with E-state index < -0.39 is 12.9 Å². The maximum absolute atomic E-state index is 13.2. The molecule has 2 rings (SSSR count). The van der Waals surface area contributed by atoms with Crippen LogP contribution in [0.4, 0.5) is 10.2 Å². The highest BCUT2D eigenvalue weighted by atomic mass is 19.1. The van der Waals surface area contributed by atoms with Gasteiger partial charge >= 0.3 is 7.12 Å². The summed E-state index contributed by atoms with van der Waals surface area (Å²) in [6.07, 6.45) is 3.20. The number of hydrogen-bond acceptors (Lipinski definition) is 4. The first-order valence-corrected chi connectivity index (χ1v) is 5.84. The zero-order valence-corrected chi connectivity index (χ0v) is 9.80. The molecule has 0 amide bonds. The average molecular weight is 238 g/mol. The molecule has 1 saturated heterocycles. The van der Waals surface area contributed by atoms with Gasteiger partial charge in [-0.1, -0.05) is 6.92 Å². The molecule has 1 fully saturated rings. The zero-order valence-electron chi connectivity index (χ0n) is 9.80. The van der Waals surface area contributed by atoms with Gasteiger partial charge in [0.05, 0.1) is 6.20 Å².